The molecule has 88 valence electrons. The van der Waals surface area contributed by atoms with Crippen LogP contribution in [0, 0.1) is 5.82 Å². The number of aromatic nitrogens is 1. The van der Waals surface area contributed by atoms with E-state index in [1.54, 1.807) is 19.1 Å². The Hall–Kier alpha value is -1.49. The van der Waals surface area contributed by atoms with Gasteiger partial charge in [-0.05, 0) is 35.0 Å². The quantitative estimate of drug-likeness (QED) is 0.798. The zero-order chi connectivity index (χ0) is 12.4. The molecule has 0 N–H and O–H groups in total. The summed E-state index contributed by atoms with van der Waals surface area (Å²) in [7, 11) is 0. The normalized spacial score (nSPS) is 10.5. The maximum Gasteiger partial charge on any atom is 0.339 e. The number of hydrogen-bond donors (Lipinski definition) is 0. The van der Waals surface area contributed by atoms with E-state index in [0.29, 0.717) is 27.5 Å². The lowest BCUT2D eigenvalue weighted by atomic mass is 10.1. The Kier molecular flexibility index (Phi) is 3.38. The molecule has 0 bridgehead atoms. The molecule has 0 aliphatic carbocycles. The number of hydrogen-bond acceptors (Lipinski definition) is 3. The summed E-state index contributed by atoms with van der Waals surface area (Å²) in [4.78, 5) is 15.5. The van der Waals surface area contributed by atoms with Crippen LogP contribution in [0.1, 0.15) is 17.3 Å². The molecule has 0 saturated carbocycles. The Labute approximate surface area is 106 Å². The van der Waals surface area contributed by atoms with Gasteiger partial charge in [0.1, 0.15) is 5.82 Å². The van der Waals surface area contributed by atoms with Crippen LogP contribution in [0.25, 0.3) is 10.9 Å². The fourth-order valence-corrected chi connectivity index (χ4v) is 1.81. The van der Waals surface area contributed by atoms with E-state index >= 15 is 0 Å². The monoisotopic (exact) mass is 297 g/mol. The van der Waals surface area contributed by atoms with Crippen molar-refractivity contribution in [1.82, 2.24) is 4.98 Å². The van der Waals surface area contributed by atoms with E-state index < -0.39 is 5.97 Å². The average Bonchev–Trinajstić information content (AvgIpc) is 2.30. The molecule has 1 aromatic carbocycles. The van der Waals surface area contributed by atoms with Gasteiger partial charge >= 0.3 is 5.97 Å². The Morgan fingerprint density at radius 3 is 2.94 bits per heavy atom. The molecule has 1 aromatic heterocycles. The van der Waals surface area contributed by atoms with Crippen LogP contribution in [0.2, 0.25) is 0 Å². The average molecular weight is 298 g/mol. The van der Waals surface area contributed by atoms with E-state index in [1.807, 2.05) is 0 Å². The van der Waals surface area contributed by atoms with Crippen LogP contribution in [0.3, 0.4) is 0 Å². The summed E-state index contributed by atoms with van der Waals surface area (Å²) in [5.41, 5.74) is 0.858. The van der Waals surface area contributed by atoms with E-state index in [2.05, 4.69) is 20.9 Å². The molecule has 0 atom stereocenters. The third-order valence-electron chi connectivity index (χ3n) is 2.23. The fourth-order valence-electron chi connectivity index (χ4n) is 1.45. The zero-order valence-electron chi connectivity index (χ0n) is 9.04. The maximum absolute atomic E-state index is 13.3. The van der Waals surface area contributed by atoms with Crippen molar-refractivity contribution in [3.8, 4) is 0 Å². The topological polar surface area (TPSA) is 39.2 Å². The molecule has 0 aliphatic heterocycles. The van der Waals surface area contributed by atoms with Crippen LogP contribution in [0.5, 0.6) is 0 Å². The molecule has 5 heteroatoms. The van der Waals surface area contributed by atoms with Crippen molar-refractivity contribution in [1.29, 1.82) is 0 Å². The van der Waals surface area contributed by atoms with E-state index in [4.69, 9.17) is 4.74 Å². The molecule has 17 heavy (non-hydrogen) atoms. The number of carbonyl (C=O) groups excluding carboxylic acids is 1. The highest BCUT2D eigenvalue weighted by Gasteiger charge is 2.09. The van der Waals surface area contributed by atoms with Crippen LogP contribution < -0.4 is 0 Å². The fraction of sp³-hybridized carbons (Fsp3) is 0.167. The van der Waals surface area contributed by atoms with Gasteiger partial charge in [0.05, 0.1) is 22.2 Å². The molecule has 0 radical (unpaired) electrons. The Balaban J connectivity index is 2.50. The number of ether oxygens (including phenoxy) is 1. The van der Waals surface area contributed by atoms with Crippen molar-refractivity contribution in [3.63, 3.8) is 0 Å². The second kappa shape index (κ2) is 4.79. The van der Waals surface area contributed by atoms with Crippen molar-refractivity contribution < 1.29 is 13.9 Å². The number of halogens is 2. The van der Waals surface area contributed by atoms with Crippen molar-refractivity contribution in [2.45, 2.75) is 6.92 Å². The Bertz CT molecular complexity index is 586. The van der Waals surface area contributed by atoms with Gasteiger partial charge in [-0.15, -0.1) is 0 Å². The maximum atomic E-state index is 13.3. The van der Waals surface area contributed by atoms with Crippen LogP contribution >= 0.6 is 15.9 Å². The molecule has 0 aliphatic rings. The summed E-state index contributed by atoms with van der Waals surface area (Å²) in [5, 5.41) is 0.684. The predicted octanol–water partition coefficient (Wildman–Crippen LogP) is 3.31. The number of fused-ring (bicyclic) bond motifs is 1. The summed E-state index contributed by atoms with van der Waals surface area (Å²) >= 11 is 3.09. The van der Waals surface area contributed by atoms with Gasteiger partial charge < -0.3 is 4.74 Å². The highest BCUT2D eigenvalue weighted by molar-refractivity contribution is 9.10. The van der Waals surface area contributed by atoms with E-state index in [9.17, 15) is 9.18 Å². The predicted molar refractivity (Wildman–Crippen MR) is 65.4 cm³/mol. The van der Waals surface area contributed by atoms with Crippen molar-refractivity contribution in [3.05, 3.63) is 40.2 Å². The van der Waals surface area contributed by atoms with Gasteiger partial charge in [-0.3, -0.25) is 4.98 Å². The van der Waals surface area contributed by atoms with Crippen molar-refractivity contribution in [2.75, 3.05) is 6.61 Å². The molecule has 0 fully saturated rings. The first-order chi connectivity index (χ1) is 8.11. The van der Waals surface area contributed by atoms with Crippen molar-refractivity contribution >= 4 is 32.8 Å². The summed E-state index contributed by atoms with van der Waals surface area (Å²) in [6.07, 6.45) is 1.38. The van der Waals surface area contributed by atoms with Gasteiger partial charge in [0, 0.05) is 17.6 Å². The van der Waals surface area contributed by atoms with Crippen LogP contribution in [-0.4, -0.2) is 17.6 Å². The number of nitrogens with zero attached hydrogens (tertiary/aromatic N) is 1. The molecule has 3 nitrogen and oxygen atoms in total. The first kappa shape index (κ1) is 12.0. The summed E-state index contributed by atoms with van der Waals surface area (Å²) in [6, 6.07) is 4.53. The zero-order valence-corrected chi connectivity index (χ0v) is 10.6. The minimum absolute atomic E-state index is 0.310. The smallest absolute Gasteiger partial charge is 0.339 e. The molecule has 2 aromatic rings. The minimum atomic E-state index is -0.428. The molecule has 2 rings (SSSR count). The van der Waals surface area contributed by atoms with E-state index in [0.717, 1.165) is 0 Å². The number of benzene rings is 1. The third kappa shape index (κ3) is 2.44. The molecule has 0 unspecified atom stereocenters. The Morgan fingerprint density at radius 2 is 2.24 bits per heavy atom. The lowest BCUT2D eigenvalue weighted by molar-refractivity contribution is 0.0526. The molecular formula is C12H9BrFNO2. The van der Waals surface area contributed by atoms with Crippen LogP contribution in [-0.2, 0) is 4.74 Å². The summed E-state index contributed by atoms with van der Waals surface area (Å²) in [5.74, 6) is -0.809. The highest BCUT2D eigenvalue weighted by Crippen LogP contribution is 2.22. The number of pyridine rings is 1. The molecule has 0 saturated heterocycles. The van der Waals surface area contributed by atoms with Gasteiger partial charge in [-0.25, -0.2) is 9.18 Å². The standard InChI is InChI=1S/C12H9BrFNO2/c1-2-17-12(16)8-3-7-4-9(13)10(14)5-11(7)15-6-8/h3-6H,2H2,1H3. The van der Waals surface area contributed by atoms with Gasteiger partial charge in [0.25, 0.3) is 0 Å². The number of rotatable bonds is 2. The second-order valence-corrected chi connectivity index (χ2v) is 4.26. The van der Waals surface area contributed by atoms with Gasteiger partial charge in [0.15, 0.2) is 0 Å². The number of carbonyl (C=O) groups is 1. The Morgan fingerprint density at radius 1 is 1.47 bits per heavy atom. The first-order valence-electron chi connectivity index (χ1n) is 5.03. The van der Waals surface area contributed by atoms with Gasteiger partial charge in [-0.2, -0.15) is 0 Å². The van der Waals surface area contributed by atoms with E-state index in [-0.39, 0.29) is 5.82 Å². The molecular weight excluding hydrogens is 289 g/mol. The van der Waals surface area contributed by atoms with E-state index in [1.165, 1.54) is 12.3 Å². The second-order valence-electron chi connectivity index (χ2n) is 3.40. The van der Waals surface area contributed by atoms with Crippen molar-refractivity contribution in [2.24, 2.45) is 0 Å². The third-order valence-corrected chi connectivity index (χ3v) is 2.84. The molecule has 0 spiro atoms. The minimum Gasteiger partial charge on any atom is -0.462 e. The highest BCUT2D eigenvalue weighted by atomic mass is 79.9. The van der Waals surface area contributed by atoms with Gasteiger partial charge in [-0.1, -0.05) is 0 Å². The SMILES string of the molecule is CCOC(=O)c1cnc2cc(F)c(Br)cc2c1. The lowest BCUT2D eigenvalue weighted by Crippen LogP contribution is -2.05. The largest absolute Gasteiger partial charge is 0.462 e. The van der Waals surface area contributed by atoms with Crippen LogP contribution in [0.4, 0.5) is 4.39 Å². The molecule has 1 heterocycles. The lowest BCUT2D eigenvalue weighted by Gasteiger charge is -2.04. The molecule has 0 amide bonds. The first-order valence-corrected chi connectivity index (χ1v) is 5.83. The van der Waals surface area contributed by atoms with Gasteiger partial charge in [0.2, 0.25) is 0 Å². The summed E-state index contributed by atoms with van der Waals surface area (Å²) in [6.45, 7) is 2.04. The number of esters is 1. The summed E-state index contributed by atoms with van der Waals surface area (Å²) < 4.78 is 18.5. The van der Waals surface area contributed by atoms with Crippen LogP contribution in [0.15, 0.2) is 28.9 Å².